The Morgan fingerprint density at radius 2 is 2.06 bits per heavy atom. The fraction of sp³-hybridized carbons (Fsp3) is 0.318. The van der Waals surface area contributed by atoms with Crippen molar-refractivity contribution in [3.05, 3.63) is 70.3 Å². The van der Waals surface area contributed by atoms with Crippen LogP contribution in [0.4, 0.5) is 4.79 Å². The second-order valence-corrected chi connectivity index (χ2v) is 7.82. The summed E-state index contributed by atoms with van der Waals surface area (Å²) in [5.74, 6) is 0.0247. The molecule has 2 aromatic rings. The zero-order valence-corrected chi connectivity index (χ0v) is 18.0. The molecular formula is C22H23ClN4O4. The first-order valence-electron chi connectivity index (χ1n) is 10.1. The number of likely N-dealkylation sites (N-methyl/N-ethyl adjacent to an activating group) is 1. The van der Waals surface area contributed by atoms with Crippen molar-refractivity contribution in [3.63, 3.8) is 0 Å². The molecule has 0 saturated carbocycles. The smallest absolute Gasteiger partial charge is 0.322 e. The minimum atomic E-state index is -0.728. The minimum absolute atomic E-state index is 0.172. The van der Waals surface area contributed by atoms with Gasteiger partial charge in [-0.25, -0.2) is 4.79 Å². The molecule has 0 saturated heterocycles. The lowest BCUT2D eigenvalue weighted by Crippen LogP contribution is -2.47. The van der Waals surface area contributed by atoms with Crippen LogP contribution < -0.4 is 10.6 Å². The molecule has 2 N–H and O–H groups in total. The molecule has 0 bridgehead atoms. The number of hydrogen-bond donors (Lipinski definition) is 2. The van der Waals surface area contributed by atoms with Crippen LogP contribution in [0.25, 0.3) is 0 Å². The summed E-state index contributed by atoms with van der Waals surface area (Å²) in [6.45, 7) is 4.32. The predicted octanol–water partition coefficient (Wildman–Crippen LogP) is 2.82. The summed E-state index contributed by atoms with van der Waals surface area (Å²) in [4.78, 5) is 41.9. The van der Waals surface area contributed by atoms with Crippen LogP contribution in [0.5, 0.6) is 0 Å². The molecular weight excluding hydrogens is 420 g/mol. The van der Waals surface area contributed by atoms with E-state index in [-0.39, 0.29) is 30.9 Å². The summed E-state index contributed by atoms with van der Waals surface area (Å²) in [5.41, 5.74) is 1.69. The first kappa shape index (κ1) is 21.0. The molecule has 0 spiro atoms. The Bertz CT molecular complexity index is 1050. The molecule has 4 rings (SSSR count). The fourth-order valence-electron chi connectivity index (χ4n) is 3.98. The first-order valence-corrected chi connectivity index (χ1v) is 10.5. The Kier molecular flexibility index (Phi) is 5.73. The summed E-state index contributed by atoms with van der Waals surface area (Å²) < 4.78 is 5.23. The van der Waals surface area contributed by atoms with Gasteiger partial charge in [-0.3, -0.25) is 14.5 Å². The Balaban J connectivity index is 1.60. The minimum Gasteiger partial charge on any atom is -0.467 e. The standard InChI is InChI=1S/C22H23ClN4O4/c1-3-26-17-12-27(13(2)20(28)24-11-14-7-6-10-31-14)21(29)18(17)19(25-22(26)30)15-8-4-5-9-16(15)23/h4-10,13,19H,3,11-12H2,1-2H3,(H,24,28)(H,25,30)/t13-,19+/m0/s1. The van der Waals surface area contributed by atoms with Crippen LogP contribution >= 0.6 is 11.6 Å². The lowest BCUT2D eigenvalue weighted by molar-refractivity contribution is -0.135. The highest BCUT2D eigenvalue weighted by molar-refractivity contribution is 6.31. The van der Waals surface area contributed by atoms with Gasteiger partial charge in [-0.15, -0.1) is 0 Å². The quantitative estimate of drug-likeness (QED) is 0.719. The maximum Gasteiger partial charge on any atom is 0.322 e. The molecule has 4 amide bonds. The van der Waals surface area contributed by atoms with E-state index in [0.29, 0.717) is 34.2 Å². The maximum atomic E-state index is 13.4. The topological polar surface area (TPSA) is 94.9 Å². The van der Waals surface area contributed by atoms with Crippen LogP contribution in [0, 0.1) is 0 Å². The molecule has 0 unspecified atom stereocenters. The van der Waals surface area contributed by atoms with Crippen molar-refractivity contribution in [1.29, 1.82) is 0 Å². The second-order valence-electron chi connectivity index (χ2n) is 7.41. The van der Waals surface area contributed by atoms with Gasteiger partial charge in [0.1, 0.15) is 11.8 Å². The number of furan rings is 1. The highest BCUT2D eigenvalue weighted by Crippen LogP contribution is 2.38. The van der Waals surface area contributed by atoms with Crippen molar-refractivity contribution >= 4 is 29.4 Å². The van der Waals surface area contributed by atoms with Crippen LogP contribution in [0.2, 0.25) is 5.02 Å². The lowest BCUT2D eigenvalue weighted by Gasteiger charge is -2.33. The van der Waals surface area contributed by atoms with Crippen molar-refractivity contribution in [2.24, 2.45) is 0 Å². The van der Waals surface area contributed by atoms with E-state index in [1.54, 1.807) is 37.3 Å². The summed E-state index contributed by atoms with van der Waals surface area (Å²) in [6, 6.07) is 8.91. The number of carbonyl (C=O) groups is 3. The molecule has 1 aromatic carbocycles. The third kappa shape index (κ3) is 3.79. The van der Waals surface area contributed by atoms with Gasteiger partial charge in [0.15, 0.2) is 0 Å². The van der Waals surface area contributed by atoms with Gasteiger partial charge in [0.2, 0.25) is 5.91 Å². The van der Waals surface area contributed by atoms with Crippen LogP contribution in [0.3, 0.4) is 0 Å². The third-order valence-electron chi connectivity index (χ3n) is 5.65. The SMILES string of the molecule is CCN1C(=O)N[C@H](c2ccccc2Cl)C2=C1CN([C@@H](C)C(=O)NCc1ccco1)C2=O. The monoisotopic (exact) mass is 442 g/mol. The van der Waals surface area contributed by atoms with E-state index >= 15 is 0 Å². The normalized spacial score (nSPS) is 19.4. The number of rotatable bonds is 6. The second kappa shape index (κ2) is 8.47. The Morgan fingerprint density at radius 1 is 1.29 bits per heavy atom. The summed E-state index contributed by atoms with van der Waals surface area (Å²) in [7, 11) is 0. The number of urea groups is 1. The zero-order valence-electron chi connectivity index (χ0n) is 17.2. The van der Waals surface area contributed by atoms with Gasteiger partial charge < -0.3 is 20.0 Å². The molecule has 0 fully saturated rings. The maximum absolute atomic E-state index is 13.4. The van der Waals surface area contributed by atoms with Gasteiger partial charge in [-0.05, 0) is 37.6 Å². The molecule has 2 atom stereocenters. The van der Waals surface area contributed by atoms with E-state index in [1.165, 1.54) is 16.1 Å². The largest absolute Gasteiger partial charge is 0.467 e. The van der Waals surface area contributed by atoms with Gasteiger partial charge in [0.05, 0.1) is 36.7 Å². The average Bonchev–Trinajstić information content (AvgIpc) is 3.39. The van der Waals surface area contributed by atoms with E-state index in [0.717, 1.165) is 0 Å². The molecule has 2 aliphatic heterocycles. The zero-order chi connectivity index (χ0) is 22.1. The van der Waals surface area contributed by atoms with E-state index in [9.17, 15) is 14.4 Å². The third-order valence-corrected chi connectivity index (χ3v) is 5.99. The molecule has 31 heavy (non-hydrogen) atoms. The Morgan fingerprint density at radius 3 is 2.74 bits per heavy atom. The molecule has 3 heterocycles. The van der Waals surface area contributed by atoms with E-state index < -0.39 is 12.1 Å². The van der Waals surface area contributed by atoms with E-state index in [2.05, 4.69) is 10.6 Å². The van der Waals surface area contributed by atoms with Crippen molar-refractivity contribution in [2.45, 2.75) is 32.5 Å². The number of nitrogens with one attached hydrogen (secondary N) is 2. The molecule has 9 heteroatoms. The van der Waals surface area contributed by atoms with E-state index in [1.807, 2.05) is 13.0 Å². The van der Waals surface area contributed by atoms with Gasteiger partial charge >= 0.3 is 6.03 Å². The molecule has 2 aliphatic rings. The Labute approximate surface area is 184 Å². The fourth-order valence-corrected chi connectivity index (χ4v) is 4.22. The summed E-state index contributed by atoms with van der Waals surface area (Å²) in [6.07, 6.45) is 1.53. The highest BCUT2D eigenvalue weighted by atomic mass is 35.5. The van der Waals surface area contributed by atoms with Gasteiger partial charge in [-0.1, -0.05) is 29.8 Å². The summed E-state index contributed by atoms with van der Waals surface area (Å²) >= 11 is 6.37. The van der Waals surface area contributed by atoms with Crippen molar-refractivity contribution in [1.82, 2.24) is 20.4 Å². The molecule has 8 nitrogen and oxygen atoms in total. The molecule has 162 valence electrons. The van der Waals surface area contributed by atoms with Crippen LogP contribution in [-0.2, 0) is 16.1 Å². The molecule has 0 aliphatic carbocycles. The number of benzene rings is 1. The highest BCUT2D eigenvalue weighted by Gasteiger charge is 2.46. The Hall–Kier alpha value is -3.26. The first-order chi connectivity index (χ1) is 14.9. The number of halogens is 1. The summed E-state index contributed by atoms with van der Waals surface area (Å²) in [5, 5.41) is 6.14. The van der Waals surface area contributed by atoms with E-state index in [4.69, 9.17) is 16.0 Å². The number of hydrogen-bond acceptors (Lipinski definition) is 4. The van der Waals surface area contributed by atoms with Gasteiger partial charge in [0, 0.05) is 11.6 Å². The lowest BCUT2D eigenvalue weighted by atomic mass is 9.95. The predicted molar refractivity (Wildman–Crippen MR) is 114 cm³/mol. The molecule has 0 radical (unpaired) electrons. The number of nitrogens with zero attached hydrogens (tertiary/aromatic N) is 2. The van der Waals surface area contributed by atoms with Crippen molar-refractivity contribution in [3.8, 4) is 0 Å². The van der Waals surface area contributed by atoms with Crippen molar-refractivity contribution in [2.75, 3.05) is 13.1 Å². The van der Waals surface area contributed by atoms with Crippen LogP contribution in [-0.4, -0.2) is 46.8 Å². The van der Waals surface area contributed by atoms with Gasteiger partial charge in [-0.2, -0.15) is 0 Å². The van der Waals surface area contributed by atoms with Crippen molar-refractivity contribution < 1.29 is 18.8 Å². The van der Waals surface area contributed by atoms with Crippen LogP contribution in [0.15, 0.2) is 58.3 Å². The number of carbonyl (C=O) groups excluding carboxylic acids is 3. The van der Waals surface area contributed by atoms with Gasteiger partial charge in [0.25, 0.3) is 5.91 Å². The van der Waals surface area contributed by atoms with Crippen LogP contribution in [0.1, 0.15) is 31.2 Å². The average molecular weight is 443 g/mol. The number of amides is 4. The molecule has 1 aromatic heterocycles.